The first-order valence-corrected chi connectivity index (χ1v) is 3.70. The zero-order valence-electron chi connectivity index (χ0n) is 7.20. The summed E-state index contributed by atoms with van der Waals surface area (Å²) in [6.07, 6.45) is 0. The van der Waals surface area contributed by atoms with Crippen LogP contribution in [0.25, 0.3) is 0 Å². The Balaban J connectivity index is 3.31. The molecule has 0 heterocycles. The lowest BCUT2D eigenvalue weighted by molar-refractivity contribution is 0.473. The number of hydrogen-bond donors (Lipinski definition) is 2. The normalized spacial score (nSPS) is 11.7. The number of rotatable bonds is 1. The van der Waals surface area contributed by atoms with E-state index >= 15 is 0 Å². The van der Waals surface area contributed by atoms with Gasteiger partial charge in [-0.1, -0.05) is 12.1 Å². The van der Waals surface area contributed by atoms with E-state index in [1.165, 1.54) is 0 Å². The largest absolute Gasteiger partial charge is 0.507 e. The van der Waals surface area contributed by atoms with Gasteiger partial charge in [0.2, 0.25) is 0 Å². The molecule has 0 amide bonds. The molecule has 0 saturated carbocycles. The number of phenolic OH excluding ortho intramolecular Hbond substituents is 1. The highest BCUT2D eigenvalue weighted by Gasteiger charge is 2.06. The Kier molecular flexibility index (Phi) is 2.33. The molecule has 0 aliphatic rings. The van der Waals surface area contributed by atoms with E-state index in [1.54, 1.807) is 19.1 Å². The van der Waals surface area contributed by atoms with Crippen molar-refractivity contribution in [1.29, 1.82) is 0 Å². The molecule has 0 spiro atoms. The van der Waals surface area contributed by atoms with Crippen molar-refractivity contribution in [2.45, 2.75) is 13.8 Å². The van der Waals surface area contributed by atoms with Gasteiger partial charge in [-0.3, -0.25) is 0 Å². The van der Waals surface area contributed by atoms with Gasteiger partial charge in [0, 0.05) is 5.56 Å². The van der Waals surface area contributed by atoms with Crippen LogP contribution in [0.2, 0.25) is 0 Å². The Hall–Kier alpha value is -1.51. The summed E-state index contributed by atoms with van der Waals surface area (Å²) in [6, 6.07) is 5.32. The van der Waals surface area contributed by atoms with Crippen LogP contribution in [0.5, 0.6) is 5.75 Å². The molecule has 0 fully saturated rings. The number of nitrogens with zero attached hydrogens (tertiary/aromatic N) is 1. The van der Waals surface area contributed by atoms with E-state index in [-0.39, 0.29) is 5.75 Å². The first-order valence-electron chi connectivity index (χ1n) is 3.70. The molecule has 64 valence electrons. The van der Waals surface area contributed by atoms with Crippen LogP contribution in [0.4, 0.5) is 0 Å². The summed E-state index contributed by atoms with van der Waals surface area (Å²) in [4.78, 5) is 0. The molecule has 3 N–H and O–H groups in total. The third-order valence-electron chi connectivity index (χ3n) is 1.81. The van der Waals surface area contributed by atoms with E-state index in [2.05, 4.69) is 5.10 Å². The van der Waals surface area contributed by atoms with Crippen molar-refractivity contribution in [2.24, 2.45) is 10.9 Å². The summed E-state index contributed by atoms with van der Waals surface area (Å²) < 4.78 is 0. The fourth-order valence-corrected chi connectivity index (χ4v) is 1.19. The lowest BCUT2D eigenvalue weighted by Gasteiger charge is -2.05. The Morgan fingerprint density at radius 3 is 2.67 bits per heavy atom. The summed E-state index contributed by atoms with van der Waals surface area (Å²) >= 11 is 0. The second-order valence-electron chi connectivity index (χ2n) is 2.68. The number of benzene rings is 1. The van der Waals surface area contributed by atoms with Gasteiger partial charge in [0.25, 0.3) is 0 Å². The smallest absolute Gasteiger partial charge is 0.124 e. The van der Waals surface area contributed by atoms with Crippen LogP contribution in [0, 0.1) is 6.92 Å². The molecular weight excluding hydrogens is 152 g/mol. The number of hydrazone groups is 1. The van der Waals surface area contributed by atoms with Gasteiger partial charge in [-0.2, -0.15) is 5.10 Å². The summed E-state index contributed by atoms with van der Waals surface area (Å²) in [5.74, 6) is 5.34. The topological polar surface area (TPSA) is 58.6 Å². The molecule has 1 aromatic rings. The summed E-state index contributed by atoms with van der Waals surface area (Å²) in [5.41, 5.74) is 2.34. The van der Waals surface area contributed by atoms with Gasteiger partial charge in [-0.05, 0) is 25.5 Å². The minimum Gasteiger partial charge on any atom is -0.507 e. The highest BCUT2D eigenvalue weighted by molar-refractivity contribution is 6.02. The maximum Gasteiger partial charge on any atom is 0.124 e. The average Bonchev–Trinajstić information content (AvgIpc) is 2.03. The van der Waals surface area contributed by atoms with Crippen molar-refractivity contribution in [3.05, 3.63) is 29.3 Å². The number of hydrogen-bond acceptors (Lipinski definition) is 3. The van der Waals surface area contributed by atoms with Crippen LogP contribution in [-0.4, -0.2) is 10.8 Å². The first kappa shape index (κ1) is 8.59. The van der Waals surface area contributed by atoms with Crippen LogP contribution < -0.4 is 5.84 Å². The molecule has 0 saturated heterocycles. The number of phenols is 1. The highest BCUT2D eigenvalue weighted by Crippen LogP contribution is 2.20. The molecule has 12 heavy (non-hydrogen) atoms. The van der Waals surface area contributed by atoms with Gasteiger partial charge in [0.15, 0.2) is 0 Å². The number of nitrogens with two attached hydrogens (primary N) is 1. The molecular formula is C9H12N2O. The first-order chi connectivity index (χ1) is 5.66. The molecule has 3 nitrogen and oxygen atoms in total. The van der Waals surface area contributed by atoms with Gasteiger partial charge < -0.3 is 10.9 Å². The van der Waals surface area contributed by atoms with Crippen molar-refractivity contribution < 1.29 is 5.11 Å². The van der Waals surface area contributed by atoms with Crippen molar-refractivity contribution in [3.63, 3.8) is 0 Å². The standard InChI is InChI=1S/C9H12N2O/c1-6-4-3-5-8(12)9(6)7(2)11-10/h3-5,12H,10H2,1-2H3/b11-7+. The third-order valence-corrected chi connectivity index (χ3v) is 1.81. The average molecular weight is 164 g/mol. The number of aryl methyl sites for hydroxylation is 1. The van der Waals surface area contributed by atoms with Crippen LogP contribution in [0.3, 0.4) is 0 Å². The molecule has 0 aromatic heterocycles. The van der Waals surface area contributed by atoms with Crippen molar-refractivity contribution in [2.75, 3.05) is 0 Å². The van der Waals surface area contributed by atoms with Gasteiger partial charge in [-0.25, -0.2) is 0 Å². The fraction of sp³-hybridized carbons (Fsp3) is 0.222. The molecule has 1 rings (SSSR count). The minimum atomic E-state index is 0.224. The van der Waals surface area contributed by atoms with Crippen LogP contribution in [-0.2, 0) is 0 Å². The number of aromatic hydroxyl groups is 1. The molecule has 0 aliphatic heterocycles. The zero-order chi connectivity index (χ0) is 9.14. The molecule has 0 unspecified atom stereocenters. The summed E-state index contributed by atoms with van der Waals surface area (Å²) in [6.45, 7) is 3.67. The van der Waals surface area contributed by atoms with Crippen molar-refractivity contribution in [1.82, 2.24) is 0 Å². The molecule has 0 radical (unpaired) electrons. The second kappa shape index (κ2) is 3.26. The maximum atomic E-state index is 9.46. The second-order valence-corrected chi connectivity index (χ2v) is 2.68. The van der Waals surface area contributed by atoms with E-state index in [1.807, 2.05) is 13.0 Å². The Bertz CT molecular complexity index is 298. The third kappa shape index (κ3) is 1.39. The monoisotopic (exact) mass is 164 g/mol. The molecule has 0 bridgehead atoms. The SMILES string of the molecule is C/C(=N\N)c1c(C)cccc1O. The molecule has 0 atom stereocenters. The van der Waals surface area contributed by atoms with E-state index in [0.29, 0.717) is 5.71 Å². The fourth-order valence-electron chi connectivity index (χ4n) is 1.19. The summed E-state index contributed by atoms with van der Waals surface area (Å²) in [7, 11) is 0. The minimum absolute atomic E-state index is 0.224. The molecule has 3 heteroatoms. The Morgan fingerprint density at radius 2 is 2.17 bits per heavy atom. The zero-order valence-corrected chi connectivity index (χ0v) is 7.20. The van der Waals surface area contributed by atoms with E-state index in [9.17, 15) is 5.11 Å². The Labute approximate surface area is 71.5 Å². The highest BCUT2D eigenvalue weighted by atomic mass is 16.3. The summed E-state index contributed by atoms with van der Waals surface area (Å²) in [5, 5.41) is 13.0. The van der Waals surface area contributed by atoms with Crippen molar-refractivity contribution in [3.8, 4) is 5.75 Å². The molecule has 1 aromatic carbocycles. The predicted octanol–water partition coefficient (Wildman–Crippen LogP) is 1.38. The van der Waals surface area contributed by atoms with E-state index < -0.39 is 0 Å². The maximum absolute atomic E-state index is 9.46. The lowest BCUT2D eigenvalue weighted by atomic mass is 10.0. The lowest BCUT2D eigenvalue weighted by Crippen LogP contribution is -2.01. The van der Waals surface area contributed by atoms with Gasteiger partial charge in [0.1, 0.15) is 5.75 Å². The molecule has 0 aliphatic carbocycles. The van der Waals surface area contributed by atoms with Gasteiger partial charge in [0.05, 0.1) is 5.71 Å². The van der Waals surface area contributed by atoms with E-state index in [0.717, 1.165) is 11.1 Å². The van der Waals surface area contributed by atoms with Crippen LogP contribution >= 0.6 is 0 Å². The van der Waals surface area contributed by atoms with Crippen LogP contribution in [0.1, 0.15) is 18.1 Å². The van der Waals surface area contributed by atoms with Crippen molar-refractivity contribution >= 4 is 5.71 Å². The Morgan fingerprint density at radius 1 is 1.50 bits per heavy atom. The quantitative estimate of drug-likeness (QED) is 0.374. The van der Waals surface area contributed by atoms with Gasteiger partial charge in [-0.15, -0.1) is 0 Å². The van der Waals surface area contributed by atoms with E-state index in [4.69, 9.17) is 5.84 Å². The van der Waals surface area contributed by atoms with Gasteiger partial charge >= 0.3 is 0 Å². The predicted molar refractivity (Wildman–Crippen MR) is 49.2 cm³/mol. The van der Waals surface area contributed by atoms with Crippen LogP contribution in [0.15, 0.2) is 23.3 Å².